The number of benzene rings is 1. The maximum absolute atomic E-state index is 9.38. The number of hydrogen-bond acceptors (Lipinski definition) is 4. The van der Waals surface area contributed by atoms with E-state index in [2.05, 4.69) is 4.90 Å². The Labute approximate surface area is 112 Å². The molecule has 1 fully saturated rings. The molecule has 1 aromatic rings. The first-order valence-electron chi connectivity index (χ1n) is 6.04. The molecule has 1 aromatic carbocycles. The second-order valence-corrected chi connectivity index (χ2v) is 5.02. The molecule has 2 rings (SSSR count). The van der Waals surface area contributed by atoms with Crippen LogP contribution in [0.2, 0.25) is 5.02 Å². The second kappa shape index (κ2) is 5.89. The molecule has 100 valence electrons. The van der Waals surface area contributed by atoms with Gasteiger partial charge in [0.1, 0.15) is 0 Å². The Hall–Kier alpha value is -0.810. The molecule has 5 heteroatoms. The van der Waals surface area contributed by atoms with Crippen molar-refractivity contribution in [1.29, 1.82) is 0 Å². The van der Waals surface area contributed by atoms with Crippen molar-refractivity contribution in [2.24, 2.45) is 0 Å². The van der Waals surface area contributed by atoms with Crippen molar-refractivity contribution in [3.05, 3.63) is 28.8 Å². The van der Waals surface area contributed by atoms with Crippen molar-refractivity contribution in [2.75, 3.05) is 24.6 Å². The Morgan fingerprint density at radius 2 is 2.17 bits per heavy atom. The molecule has 1 aliphatic rings. The highest BCUT2D eigenvalue weighted by atomic mass is 35.5. The summed E-state index contributed by atoms with van der Waals surface area (Å²) in [6, 6.07) is 5.44. The molecule has 0 radical (unpaired) electrons. The summed E-state index contributed by atoms with van der Waals surface area (Å²) in [6.45, 7) is 3.27. The summed E-state index contributed by atoms with van der Waals surface area (Å²) < 4.78 is 5.60. The van der Waals surface area contributed by atoms with Gasteiger partial charge in [0, 0.05) is 29.4 Å². The van der Waals surface area contributed by atoms with Crippen LogP contribution in [-0.4, -0.2) is 42.1 Å². The molecule has 0 saturated carbocycles. The monoisotopic (exact) mass is 271 g/mol. The molecule has 1 saturated heterocycles. The summed E-state index contributed by atoms with van der Waals surface area (Å²) in [5, 5.41) is 19.2. The average molecular weight is 272 g/mol. The molecule has 4 nitrogen and oxygen atoms in total. The summed E-state index contributed by atoms with van der Waals surface area (Å²) in [7, 11) is 0. The number of rotatable bonds is 3. The SMILES string of the molecule is CC1CN(c2cc(Cl)ccc2CO)CC(CO)O1. The van der Waals surface area contributed by atoms with Crippen LogP contribution >= 0.6 is 11.6 Å². The van der Waals surface area contributed by atoms with E-state index in [9.17, 15) is 10.2 Å². The molecule has 0 aliphatic carbocycles. The molecule has 2 N–H and O–H groups in total. The van der Waals surface area contributed by atoms with E-state index in [4.69, 9.17) is 16.3 Å². The molecular formula is C13H18ClNO3. The summed E-state index contributed by atoms with van der Waals surface area (Å²) in [5.74, 6) is 0. The number of nitrogens with zero attached hydrogens (tertiary/aromatic N) is 1. The Kier molecular flexibility index (Phi) is 4.45. The summed E-state index contributed by atoms with van der Waals surface area (Å²) >= 11 is 6.01. The standard InChI is InChI=1S/C13H18ClNO3/c1-9-5-15(6-12(8-17)18-9)13-4-11(14)3-2-10(13)7-16/h2-4,9,12,16-17H,5-8H2,1H3. The summed E-state index contributed by atoms with van der Waals surface area (Å²) in [5.41, 5.74) is 1.75. The molecule has 2 unspecified atom stereocenters. The predicted molar refractivity (Wildman–Crippen MR) is 71.0 cm³/mol. The second-order valence-electron chi connectivity index (χ2n) is 4.59. The molecule has 18 heavy (non-hydrogen) atoms. The first-order valence-corrected chi connectivity index (χ1v) is 6.42. The van der Waals surface area contributed by atoms with Crippen molar-refractivity contribution in [3.8, 4) is 0 Å². The van der Waals surface area contributed by atoms with Crippen LogP contribution < -0.4 is 4.90 Å². The molecule has 0 amide bonds. The van der Waals surface area contributed by atoms with E-state index in [0.717, 1.165) is 17.8 Å². The van der Waals surface area contributed by atoms with Crippen LogP contribution in [0, 0.1) is 0 Å². The third-order valence-corrected chi connectivity index (χ3v) is 3.32. The van der Waals surface area contributed by atoms with Crippen molar-refractivity contribution in [2.45, 2.75) is 25.7 Å². The first kappa shape index (κ1) is 13.6. The average Bonchev–Trinajstić information content (AvgIpc) is 2.38. The van der Waals surface area contributed by atoms with Crippen LogP contribution in [0.3, 0.4) is 0 Å². The minimum absolute atomic E-state index is 0.00410. The lowest BCUT2D eigenvalue weighted by Crippen LogP contribution is -2.48. The number of hydrogen-bond donors (Lipinski definition) is 2. The van der Waals surface area contributed by atoms with Crippen molar-refractivity contribution in [3.63, 3.8) is 0 Å². The van der Waals surface area contributed by atoms with Gasteiger partial charge in [-0.15, -0.1) is 0 Å². The van der Waals surface area contributed by atoms with Crippen LogP contribution in [0.15, 0.2) is 18.2 Å². The van der Waals surface area contributed by atoms with Gasteiger partial charge in [0.15, 0.2) is 0 Å². The van der Waals surface area contributed by atoms with E-state index in [1.807, 2.05) is 19.1 Å². The van der Waals surface area contributed by atoms with E-state index in [1.54, 1.807) is 6.07 Å². The van der Waals surface area contributed by atoms with Crippen LogP contribution in [0.25, 0.3) is 0 Å². The van der Waals surface area contributed by atoms with Gasteiger partial charge in [-0.2, -0.15) is 0 Å². The number of aliphatic hydroxyl groups excluding tert-OH is 2. The maximum atomic E-state index is 9.38. The van der Waals surface area contributed by atoms with Gasteiger partial charge in [-0.1, -0.05) is 17.7 Å². The zero-order chi connectivity index (χ0) is 13.1. The fraction of sp³-hybridized carbons (Fsp3) is 0.538. The molecule has 0 aromatic heterocycles. The van der Waals surface area contributed by atoms with Gasteiger partial charge in [0.25, 0.3) is 0 Å². The number of halogens is 1. The normalized spacial score (nSPS) is 24.3. The minimum atomic E-state index is -0.195. The topological polar surface area (TPSA) is 52.9 Å². The Morgan fingerprint density at radius 3 is 2.83 bits per heavy atom. The highest BCUT2D eigenvalue weighted by Crippen LogP contribution is 2.27. The Balaban J connectivity index is 2.26. The minimum Gasteiger partial charge on any atom is -0.394 e. The molecule has 0 bridgehead atoms. The Bertz CT molecular complexity index is 413. The van der Waals surface area contributed by atoms with Crippen molar-refractivity contribution in [1.82, 2.24) is 0 Å². The first-order chi connectivity index (χ1) is 8.63. The maximum Gasteiger partial charge on any atom is 0.0984 e. The lowest BCUT2D eigenvalue weighted by Gasteiger charge is -2.38. The van der Waals surface area contributed by atoms with Crippen LogP contribution in [-0.2, 0) is 11.3 Å². The van der Waals surface area contributed by atoms with Gasteiger partial charge in [0.05, 0.1) is 25.4 Å². The van der Waals surface area contributed by atoms with Gasteiger partial charge in [0.2, 0.25) is 0 Å². The predicted octanol–water partition coefficient (Wildman–Crippen LogP) is 1.42. The molecule has 1 aliphatic heterocycles. The lowest BCUT2D eigenvalue weighted by molar-refractivity contribution is -0.0421. The van der Waals surface area contributed by atoms with Gasteiger partial charge in [-0.3, -0.25) is 0 Å². The highest BCUT2D eigenvalue weighted by molar-refractivity contribution is 6.30. The number of morpholine rings is 1. The van der Waals surface area contributed by atoms with E-state index in [1.165, 1.54) is 0 Å². The summed E-state index contributed by atoms with van der Waals surface area (Å²) in [4.78, 5) is 2.10. The van der Waals surface area contributed by atoms with Gasteiger partial charge >= 0.3 is 0 Å². The molecular weight excluding hydrogens is 254 g/mol. The Morgan fingerprint density at radius 1 is 1.39 bits per heavy atom. The third kappa shape index (κ3) is 2.95. The van der Waals surface area contributed by atoms with Crippen LogP contribution in [0.1, 0.15) is 12.5 Å². The van der Waals surface area contributed by atoms with Crippen molar-refractivity contribution >= 4 is 17.3 Å². The molecule has 0 spiro atoms. The smallest absolute Gasteiger partial charge is 0.0984 e. The largest absolute Gasteiger partial charge is 0.394 e. The van der Waals surface area contributed by atoms with Crippen LogP contribution in [0.5, 0.6) is 0 Å². The number of aliphatic hydroxyl groups is 2. The highest BCUT2D eigenvalue weighted by Gasteiger charge is 2.26. The number of anilines is 1. The quantitative estimate of drug-likeness (QED) is 0.873. The molecule has 2 atom stereocenters. The number of ether oxygens (including phenoxy) is 1. The zero-order valence-electron chi connectivity index (χ0n) is 10.3. The lowest BCUT2D eigenvalue weighted by atomic mass is 10.1. The van der Waals surface area contributed by atoms with E-state index in [0.29, 0.717) is 11.6 Å². The van der Waals surface area contributed by atoms with E-state index < -0.39 is 0 Å². The fourth-order valence-corrected chi connectivity index (χ4v) is 2.47. The van der Waals surface area contributed by atoms with Gasteiger partial charge in [-0.05, 0) is 19.1 Å². The third-order valence-electron chi connectivity index (χ3n) is 3.09. The van der Waals surface area contributed by atoms with Crippen LogP contribution in [0.4, 0.5) is 5.69 Å². The van der Waals surface area contributed by atoms with Crippen molar-refractivity contribution < 1.29 is 14.9 Å². The molecule has 1 heterocycles. The summed E-state index contributed by atoms with van der Waals surface area (Å²) in [6.07, 6.45) is -0.152. The van der Waals surface area contributed by atoms with Gasteiger partial charge < -0.3 is 19.8 Å². The van der Waals surface area contributed by atoms with Gasteiger partial charge in [-0.25, -0.2) is 0 Å². The fourth-order valence-electron chi connectivity index (χ4n) is 2.31. The van der Waals surface area contributed by atoms with E-state index in [-0.39, 0.29) is 25.4 Å². The van der Waals surface area contributed by atoms with E-state index >= 15 is 0 Å². The zero-order valence-corrected chi connectivity index (χ0v) is 11.1.